The number of non-ortho nitro benzene ring substituents is 1. The van der Waals surface area contributed by atoms with Crippen LogP contribution in [0.1, 0.15) is 52.7 Å². The van der Waals surface area contributed by atoms with Crippen LogP contribution in [0.2, 0.25) is 0 Å². The molecule has 0 bridgehead atoms. The Labute approximate surface area is 209 Å². The van der Waals surface area contributed by atoms with Crippen LogP contribution in [0.3, 0.4) is 0 Å². The van der Waals surface area contributed by atoms with E-state index in [1.807, 2.05) is 0 Å². The molecule has 0 unspecified atom stereocenters. The average Bonchev–Trinajstić information content (AvgIpc) is 2.76. The first-order valence-corrected chi connectivity index (χ1v) is 11.1. The van der Waals surface area contributed by atoms with Gasteiger partial charge in [0.15, 0.2) is 0 Å². The fourth-order valence-corrected chi connectivity index (χ4v) is 2.78. The molecule has 2 rings (SSSR count). The number of carbonyl (C=O) groups excluding carboxylic acids is 3. The van der Waals surface area contributed by atoms with Crippen LogP contribution in [-0.2, 0) is 27.4 Å². The van der Waals surface area contributed by atoms with Gasteiger partial charge in [0.1, 0.15) is 17.8 Å². The highest BCUT2D eigenvalue weighted by Gasteiger charge is 2.39. The van der Waals surface area contributed by atoms with Gasteiger partial charge in [-0.05, 0) is 52.7 Å². The Balaban J connectivity index is 2.44. The van der Waals surface area contributed by atoms with Crippen LogP contribution in [0, 0.1) is 10.1 Å². The monoisotopic (exact) mass is 501 g/mol. The molecule has 11 nitrogen and oxygen atoms in total. The number of imide groups is 1. The number of nitro benzene ring substituents is 1. The zero-order valence-electron chi connectivity index (χ0n) is 21.2. The number of amides is 3. The van der Waals surface area contributed by atoms with Gasteiger partial charge in [0, 0.05) is 12.1 Å². The number of nitrogens with zero attached hydrogens (tertiary/aromatic N) is 3. The quantitative estimate of drug-likeness (QED) is 0.285. The average molecular weight is 502 g/mol. The lowest BCUT2D eigenvalue weighted by Crippen LogP contribution is -2.55. The molecule has 0 N–H and O–H groups in total. The van der Waals surface area contributed by atoms with E-state index in [0.29, 0.717) is 16.1 Å². The molecule has 0 atom stereocenters. The van der Waals surface area contributed by atoms with Gasteiger partial charge >= 0.3 is 18.3 Å². The van der Waals surface area contributed by atoms with Crippen LogP contribution in [0.25, 0.3) is 0 Å². The summed E-state index contributed by atoms with van der Waals surface area (Å²) in [6, 6.07) is 14.1. The molecule has 3 amide bonds. The van der Waals surface area contributed by atoms with Crippen molar-refractivity contribution in [1.82, 2.24) is 10.0 Å². The molecule has 0 fully saturated rings. The molecule has 194 valence electrons. The molecule has 0 radical (unpaired) electrons. The zero-order valence-corrected chi connectivity index (χ0v) is 21.2. The normalized spacial score (nSPS) is 11.3. The fraction of sp³-hybridized carbons (Fsp3) is 0.400. The Kier molecular flexibility index (Phi) is 8.99. The van der Waals surface area contributed by atoms with Crippen LogP contribution in [0.5, 0.6) is 0 Å². The van der Waals surface area contributed by atoms with Gasteiger partial charge in [-0.25, -0.2) is 14.4 Å². The van der Waals surface area contributed by atoms with E-state index < -0.39 is 34.4 Å². The molecule has 36 heavy (non-hydrogen) atoms. The first-order valence-electron chi connectivity index (χ1n) is 11.1. The van der Waals surface area contributed by atoms with E-state index in [4.69, 9.17) is 14.2 Å². The maximum Gasteiger partial charge on any atom is 0.439 e. The number of rotatable bonds is 5. The van der Waals surface area contributed by atoms with Crippen LogP contribution in [-0.4, -0.2) is 44.4 Å². The molecular weight excluding hydrogens is 470 g/mol. The van der Waals surface area contributed by atoms with Gasteiger partial charge in [-0.2, -0.15) is 5.01 Å². The molecule has 11 heteroatoms. The van der Waals surface area contributed by atoms with Gasteiger partial charge in [-0.15, -0.1) is 5.01 Å². The second-order valence-corrected chi connectivity index (χ2v) is 9.79. The number of hydrazine groups is 1. The molecule has 0 aliphatic rings. The molecule has 0 aliphatic carbocycles. The van der Waals surface area contributed by atoms with Gasteiger partial charge in [-0.3, -0.25) is 10.1 Å². The molecule has 2 aromatic rings. The van der Waals surface area contributed by atoms with Crippen molar-refractivity contribution in [2.75, 3.05) is 0 Å². The van der Waals surface area contributed by atoms with E-state index in [-0.39, 0.29) is 18.8 Å². The van der Waals surface area contributed by atoms with Crippen LogP contribution >= 0.6 is 0 Å². The number of carbonyl (C=O) groups is 3. The van der Waals surface area contributed by atoms with Crippen molar-refractivity contribution in [2.45, 2.75) is 65.9 Å². The van der Waals surface area contributed by atoms with E-state index in [1.165, 1.54) is 24.3 Å². The summed E-state index contributed by atoms with van der Waals surface area (Å²) in [7, 11) is 0. The van der Waals surface area contributed by atoms with E-state index in [0.717, 1.165) is 5.01 Å². The third-order valence-electron chi connectivity index (χ3n) is 4.27. The predicted molar refractivity (Wildman–Crippen MR) is 130 cm³/mol. The first kappa shape index (κ1) is 28.1. The topological polar surface area (TPSA) is 129 Å². The Hall–Kier alpha value is -4.15. The second-order valence-electron chi connectivity index (χ2n) is 9.79. The maximum atomic E-state index is 13.2. The third kappa shape index (κ3) is 8.90. The number of benzene rings is 2. The summed E-state index contributed by atoms with van der Waals surface area (Å²) in [6.45, 7) is 9.18. The first-order chi connectivity index (χ1) is 16.7. The lowest BCUT2D eigenvalue weighted by atomic mass is 10.2. The summed E-state index contributed by atoms with van der Waals surface area (Å²) >= 11 is 0. The summed E-state index contributed by atoms with van der Waals surface area (Å²) in [6.07, 6.45) is -3.35. The smallest absolute Gasteiger partial charge is 0.439 e. The van der Waals surface area contributed by atoms with Crippen molar-refractivity contribution in [3.8, 4) is 0 Å². The van der Waals surface area contributed by atoms with Crippen molar-refractivity contribution >= 4 is 24.0 Å². The predicted octanol–water partition coefficient (Wildman–Crippen LogP) is 5.82. The van der Waals surface area contributed by atoms with Crippen molar-refractivity contribution in [3.63, 3.8) is 0 Å². The lowest BCUT2D eigenvalue weighted by Gasteiger charge is -2.34. The second kappa shape index (κ2) is 11.5. The summed E-state index contributed by atoms with van der Waals surface area (Å²) in [5.41, 5.74) is -1.07. The van der Waals surface area contributed by atoms with Gasteiger partial charge in [0.25, 0.3) is 5.69 Å². The van der Waals surface area contributed by atoms with Crippen molar-refractivity contribution in [2.24, 2.45) is 0 Å². The molecular formula is C25H31N3O8. The molecule has 0 heterocycles. The standard InChI is InChI=1S/C25H31N3O8/c1-24(2,3)35-21(29)26(16-18-12-14-20(15-13-18)28(32)33)27(23(31)36-25(4,5)6)22(30)34-17-19-10-8-7-9-11-19/h7-15H,16-17H2,1-6H3. The van der Waals surface area contributed by atoms with Crippen LogP contribution < -0.4 is 0 Å². The largest absolute Gasteiger partial charge is 0.443 e. The Morgan fingerprint density at radius 1 is 0.778 bits per heavy atom. The summed E-state index contributed by atoms with van der Waals surface area (Å²) in [5, 5.41) is 12.2. The van der Waals surface area contributed by atoms with Gasteiger partial charge in [0.05, 0.1) is 11.5 Å². The molecule has 2 aromatic carbocycles. The van der Waals surface area contributed by atoms with Crippen molar-refractivity contribution < 1.29 is 33.5 Å². The Bertz CT molecular complexity index is 1070. The SMILES string of the molecule is CC(C)(C)OC(=O)N(Cc1ccc([N+](=O)[O-])cc1)N(C(=O)OCc1ccccc1)C(=O)OC(C)(C)C. The molecule has 0 aromatic heterocycles. The zero-order chi connectivity index (χ0) is 27.1. The maximum absolute atomic E-state index is 13.2. The molecule has 0 aliphatic heterocycles. The van der Waals surface area contributed by atoms with E-state index in [9.17, 15) is 24.5 Å². The highest BCUT2D eigenvalue weighted by molar-refractivity contribution is 5.90. The lowest BCUT2D eigenvalue weighted by molar-refractivity contribution is -0.384. The number of nitro groups is 1. The van der Waals surface area contributed by atoms with Crippen molar-refractivity contribution in [3.05, 3.63) is 75.8 Å². The van der Waals surface area contributed by atoms with Gasteiger partial charge in [-0.1, -0.05) is 42.5 Å². The van der Waals surface area contributed by atoms with Gasteiger partial charge < -0.3 is 14.2 Å². The highest BCUT2D eigenvalue weighted by Crippen LogP contribution is 2.21. The summed E-state index contributed by atoms with van der Waals surface area (Å²) in [5.74, 6) is 0. The fourth-order valence-electron chi connectivity index (χ4n) is 2.78. The minimum atomic E-state index is -1.17. The number of ether oxygens (including phenoxy) is 3. The van der Waals surface area contributed by atoms with E-state index >= 15 is 0 Å². The summed E-state index contributed by atoms with van der Waals surface area (Å²) < 4.78 is 16.1. The Morgan fingerprint density at radius 2 is 1.31 bits per heavy atom. The Morgan fingerprint density at radius 3 is 1.81 bits per heavy atom. The number of hydrogen-bond donors (Lipinski definition) is 0. The van der Waals surface area contributed by atoms with Gasteiger partial charge in [0.2, 0.25) is 0 Å². The minimum Gasteiger partial charge on any atom is -0.443 e. The van der Waals surface area contributed by atoms with E-state index in [2.05, 4.69) is 0 Å². The molecule has 0 saturated carbocycles. The highest BCUT2D eigenvalue weighted by atomic mass is 16.6. The van der Waals surface area contributed by atoms with Crippen LogP contribution in [0.15, 0.2) is 54.6 Å². The minimum absolute atomic E-state index is 0.158. The number of hydrogen-bond acceptors (Lipinski definition) is 8. The van der Waals surface area contributed by atoms with Crippen molar-refractivity contribution in [1.29, 1.82) is 0 Å². The third-order valence-corrected chi connectivity index (χ3v) is 4.27. The molecule has 0 spiro atoms. The van der Waals surface area contributed by atoms with E-state index in [1.54, 1.807) is 71.9 Å². The van der Waals surface area contributed by atoms with Crippen LogP contribution in [0.4, 0.5) is 20.1 Å². The molecule has 0 saturated heterocycles. The summed E-state index contributed by atoms with van der Waals surface area (Å²) in [4.78, 5) is 49.9.